The first-order chi connectivity index (χ1) is 9.60. The number of aromatic nitrogens is 1. The fourth-order valence-corrected chi connectivity index (χ4v) is 3.65. The molecule has 2 aromatic rings. The highest BCUT2D eigenvalue weighted by Crippen LogP contribution is 2.28. The molecule has 0 aliphatic carbocycles. The molecule has 1 atom stereocenters. The second-order valence-corrected chi connectivity index (χ2v) is 7.32. The number of nitrogens with one attached hydrogen (secondary N) is 1. The number of aryl methyl sites for hydroxylation is 1. The minimum atomic E-state index is 0.278. The predicted molar refractivity (Wildman–Crippen MR) is 90.7 cm³/mol. The number of hydrogen-bond acceptors (Lipinski definition) is 3. The summed E-state index contributed by atoms with van der Waals surface area (Å²) in [5, 5.41) is 5.50. The highest BCUT2D eigenvalue weighted by Gasteiger charge is 2.15. The van der Waals surface area contributed by atoms with Gasteiger partial charge < -0.3 is 5.32 Å². The first-order valence-electron chi connectivity index (χ1n) is 6.69. The zero-order valence-corrected chi connectivity index (χ0v) is 14.8. The highest BCUT2D eigenvalue weighted by atomic mass is 79.9. The average Bonchev–Trinajstić information content (AvgIpc) is 2.83. The van der Waals surface area contributed by atoms with Crippen molar-refractivity contribution in [1.82, 2.24) is 10.3 Å². The standard InChI is InChI=1S/C15H18BrClN2S/c1-3-6-18-14(15-9-19-10(2)20-15)7-11-4-5-12(16)8-13(11)17/h4-5,8-9,14,18H,3,6-7H2,1-2H3. The second kappa shape index (κ2) is 7.55. The molecule has 0 saturated carbocycles. The minimum absolute atomic E-state index is 0.278. The van der Waals surface area contributed by atoms with Gasteiger partial charge in [0.15, 0.2) is 0 Å². The van der Waals surface area contributed by atoms with E-state index in [1.54, 1.807) is 11.3 Å². The van der Waals surface area contributed by atoms with Crippen molar-refractivity contribution in [2.45, 2.75) is 32.7 Å². The molecule has 1 unspecified atom stereocenters. The van der Waals surface area contributed by atoms with Gasteiger partial charge in [0.25, 0.3) is 0 Å². The van der Waals surface area contributed by atoms with E-state index in [4.69, 9.17) is 11.6 Å². The van der Waals surface area contributed by atoms with Crippen LogP contribution in [0, 0.1) is 6.92 Å². The Balaban J connectivity index is 2.18. The van der Waals surface area contributed by atoms with E-state index in [-0.39, 0.29) is 6.04 Å². The van der Waals surface area contributed by atoms with Gasteiger partial charge in [0.1, 0.15) is 0 Å². The summed E-state index contributed by atoms with van der Waals surface area (Å²) in [4.78, 5) is 5.63. The van der Waals surface area contributed by atoms with Crippen LogP contribution >= 0.6 is 38.9 Å². The maximum atomic E-state index is 6.33. The Kier molecular flexibility index (Phi) is 6.02. The Morgan fingerprint density at radius 2 is 2.25 bits per heavy atom. The van der Waals surface area contributed by atoms with Crippen LogP contribution in [0.3, 0.4) is 0 Å². The second-order valence-electron chi connectivity index (χ2n) is 4.73. The third-order valence-corrected chi connectivity index (χ3v) is 4.93. The molecule has 2 rings (SSSR count). The molecule has 0 bridgehead atoms. The van der Waals surface area contributed by atoms with E-state index in [0.29, 0.717) is 0 Å². The Bertz CT molecular complexity index is 571. The van der Waals surface area contributed by atoms with Crippen LogP contribution in [0.5, 0.6) is 0 Å². The van der Waals surface area contributed by atoms with Crippen LogP contribution in [0.4, 0.5) is 0 Å². The van der Waals surface area contributed by atoms with Crippen LogP contribution in [-0.4, -0.2) is 11.5 Å². The fraction of sp³-hybridized carbons (Fsp3) is 0.400. The van der Waals surface area contributed by atoms with Gasteiger partial charge in [0.05, 0.1) is 5.01 Å². The Labute approximate surface area is 137 Å². The lowest BCUT2D eigenvalue weighted by atomic mass is 10.0. The Morgan fingerprint density at radius 1 is 1.45 bits per heavy atom. The normalized spacial score (nSPS) is 12.6. The molecule has 1 N–H and O–H groups in total. The summed E-state index contributed by atoms with van der Waals surface area (Å²) in [6, 6.07) is 6.35. The van der Waals surface area contributed by atoms with Gasteiger partial charge in [-0.25, -0.2) is 4.98 Å². The minimum Gasteiger partial charge on any atom is -0.309 e. The van der Waals surface area contributed by atoms with Crippen molar-refractivity contribution in [1.29, 1.82) is 0 Å². The molecular weight excluding hydrogens is 356 g/mol. The Hall–Kier alpha value is -0.420. The van der Waals surface area contributed by atoms with E-state index >= 15 is 0 Å². The van der Waals surface area contributed by atoms with Crippen molar-refractivity contribution in [2.24, 2.45) is 0 Å². The number of benzene rings is 1. The summed E-state index contributed by atoms with van der Waals surface area (Å²) < 4.78 is 1.01. The summed E-state index contributed by atoms with van der Waals surface area (Å²) in [5.41, 5.74) is 1.16. The van der Waals surface area contributed by atoms with Crippen LogP contribution in [0.2, 0.25) is 5.02 Å². The molecule has 108 valence electrons. The monoisotopic (exact) mass is 372 g/mol. The van der Waals surface area contributed by atoms with Gasteiger partial charge in [0.2, 0.25) is 0 Å². The average molecular weight is 374 g/mol. The molecule has 5 heteroatoms. The third kappa shape index (κ3) is 4.29. The zero-order valence-electron chi connectivity index (χ0n) is 11.6. The molecule has 0 spiro atoms. The SMILES string of the molecule is CCCNC(Cc1ccc(Br)cc1Cl)c1cnc(C)s1. The van der Waals surface area contributed by atoms with Crippen LogP contribution in [0.15, 0.2) is 28.9 Å². The van der Waals surface area contributed by atoms with E-state index in [9.17, 15) is 0 Å². The number of hydrogen-bond donors (Lipinski definition) is 1. The topological polar surface area (TPSA) is 24.9 Å². The summed E-state index contributed by atoms with van der Waals surface area (Å²) in [7, 11) is 0. The van der Waals surface area contributed by atoms with E-state index < -0.39 is 0 Å². The van der Waals surface area contributed by atoms with Gasteiger partial charge in [-0.2, -0.15) is 0 Å². The van der Waals surface area contributed by atoms with Crippen LogP contribution in [0.1, 0.15) is 34.8 Å². The maximum Gasteiger partial charge on any atom is 0.0897 e. The molecule has 0 aliphatic heterocycles. The van der Waals surface area contributed by atoms with Crippen molar-refractivity contribution in [2.75, 3.05) is 6.54 Å². The molecule has 0 radical (unpaired) electrons. The molecule has 1 aromatic carbocycles. The van der Waals surface area contributed by atoms with E-state index in [1.807, 2.05) is 25.3 Å². The molecule has 0 saturated heterocycles. The Morgan fingerprint density at radius 3 is 2.85 bits per heavy atom. The summed E-state index contributed by atoms with van der Waals surface area (Å²) in [6.07, 6.45) is 3.97. The molecule has 0 amide bonds. The fourth-order valence-electron chi connectivity index (χ4n) is 2.04. The summed E-state index contributed by atoms with van der Waals surface area (Å²) in [6.45, 7) is 5.21. The zero-order chi connectivity index (χ0) is 14.5. The van der Waals surface area contributed by atoms with Gasteiger partial charge >= 0.3 is 0 Å². The van der Waals surface area contributed by atoms with E-state index in [1.165, 1.54) is 4.88 Å². The number of thiazole rings is 1. The number of nitrogens with zero attached hydrogens (tertiary/aromatic N) is 1. The third-order valence-electron chi connectivity index (χ3n) is 3.06. The largest absolute Gasteiger partial charge is 0.309 e. The van der Waals surface area contributed by atoms with Crippen LogP contribution in [-0.2, 0) is 6.42 Å². The van der Waals surface area contributed by atoms with Gasteiger partial charge in [-0.3, -0.25) is 0 Å². The van der Waals surface area contributed by atoms with Crippen molar-refractivity contribution in [3.8, 4) is 0 Å². The molecule has 20 heavy (non-hydrogen) atoms. The lowest BCUT2D eigenvalue weighted by Gasteiger charge is -2.17. The molecule has 1 aromatic heterocycles. The van der Waals surface area contributed by atoms with Crippen molar-refractivity contribution in [3.05, 3.63) is 49.3 Å². The quantitative estimate of drug-likeness (QED) is 0.757. The molecule has 2 nitrogen and oxygen atoms in total. The smallest absolute Gasteiger partial charge is 0.0897 e. The predicted octanol–water partition coefficient (Wildman–Crippen LogP) is 5.15. The first-order valence-corrected chi connectivity index (χ1v) is 8.68. The molecular formula is C15H18BrClN2S. The van der Waals surface area contributed by atoms with E-state index in [2.05, 4.69) is 39.2 Å². The maximum absolute atomic E-state index is 6.33. The summed E-state index contributed by atoms with van der Waals surface area (Å²) in [5.74, 6) is 0. The van der Waals surface area contributed by atoms with Gasteiger partial charge in [-0.15, -0.1) is 11.3 Å². The summed E-state index contributed by atoms with van der Waals surface area (Å²) >= 11 is 11.5. The first kappa shape index (κ1) is 16.0. The number of rotatable bonds is 6. The molecule has 1 heterocycles. The van der Waals surface area contributed by atoms with E-state index in [0.717, 1.165) is 39.5 Å². The molecule has 0 aliphatic rings. The highest BCUT2D eigenvalue weighted by molar-refractivity contribution is 9.10. The van der Waals surface area contributed by atoms with Crippen molar-refractivity contribution in [3.63, 3.8) is 0 Å². The van der Waals surface area contributed by atoms with Crippen molar-refractivity contribution < 1.29 is 0 Å². The lowest BCUT2D eigenvalue weighted by molar-refractivity contribution is 0.536. The molecule has 0 fully saturated rings. The van der Waals surface area contributed by atoms with Crippen LogP contribution < -0.4 is 5.32 Å². The van der Waals surface area contributed by atoms with Gasteiger partial charge in [-0.1, -0.05) is 40.5 Å². The van der Waals surface area contributed by atoms with Gasteiger partial charge in [-0.05, 0) is 44.0 Å². The van der Waals surface area contributed by atoms with Crippen molar-refractivity contribution >= 4 is 38.9 Å². The lowest BCUT2D eigenvalue weighted by Crippen LogP contribution is -2.23. The number of halogens is 2. The van der Waals surface area contributed by atoms with Gasteiger partial charge in [0, 0.05) is 26.6 Å². The van der Waals surface area contributed by atoms with Crippen LogP contribution in [0.25, 0.3) is 0 Å².